The van der Waals surface area contributed by atoms with Gasteiger partial charge in [-0.1, -0.05) is 47.5 Å². The van der Waals surface area contributed by atoms with Crippen molar-refractivity contribution in [2.24, 2.45) is 4.99 Å². The number of halogens is 2. The molecule has 0 saturated carbocycles. The van der Waals surface area contributed by atoms with Gasteiger partial charge in [-0.3, -0.25) is 0 Å². The van der Waals surface area contributed by atoms with Gasteiger partial charge in [0.15, 0.2) is 5.70 Å². The van der Waals surface area contributed by atoms with Gasteiger partial charge in [0.2, 0.25) is 5.90 Å². The Morgan fingerprint density at radius 1 is 1.17 bits per heavy atom. The summed E-state index contributed by atoms with van der Waals surface area (Å²) in [4.78, 5) is 16.4. The second kappa shape index (κ2) is 7.07. The summed E-state index contributed by atoms with van der Waals surface area (Å²) in [6.07, 6.45) is 1.62. The molecule has 0 unspecified atom stereocenters. The molecule has 0 spiro atoms. The smallest absolute Gasteiger partial charge is 0.363 e. The molecule has 0 saturated heterocycles. The van der Waals surface area contributed by atoms with Crippen LogP contribution >= 0.6 is 23.2 Å². The fraction of sp³-hybridized carbons (Fsp3) is 0.111. The van der Waals surface area contributed by atoms with E-state index in [1.807, 2.05) is 31.2 Å². The maximum Gasteiger partial charge on any atom is 0.363 e. The minimum atomic E-state index is -0.549. The fourth-order valence-corrected chi connectivity index (χ4v) is 2.61. The van der Waals surface area contributed by atoms with Gasteiger partial charge >= 0.3 is 5.97 Å². The zero-order valence-corrected chi connectivity index (χ0v) is 14.3. The van der Waals surface area contributed by atoms with E-state index in [9.17, 15) is 4.79 Å². The molecular weight excluding hydrogens is 349 g/mol. The van der Waals surface area contributed by atoms with E-state index in [1.54, 1.807) is 24.3 Å². The lowest BCUT2D eigenvalue weighted by Gasteiger charge is -2.06. The summed E-state index contributed by atoms with van der Waals surface area (Å²) in [5.74, 6) is 0.254. The maximum absolute atomic E-state index is 12.1. The SMILES string of the molecule is CCOc1ccccc1C=C1N=C(c2cccc(Cl)c2Cl)OC1=O. The summed E-state index contributed by atoms with van der Waals surface area (Å²) in [5, 5.41) is 0.661. The van der Waals surface area contributed by atoms with E-state index >= 15 is 0 Å². The molecular formula is C18H13Cl2NO3. The molecule has 3 rings (SSSR count). The van der Waals surface area contributed by atoms with Gasteiger partial charge in [-0.05, 0) is 31.2 Å². The molecule has 1 aliphatic rings. The summed E-state index contributed by atoms with van der Waals surface area (Å²) in [7, 11) is 0. The Balaban J connectivity index is 1.99. The average molecular weight is 362 g/mol. The zero-order valence-electron chi connectivity index (χ0n) is 12.8. The number of ether oxygens (including phenoxy) is 2. The average Bonchev–Trinajstić information content (AvgIpc) is 2.93. The number of carbonyl (C=O) groups is 1. The first kappa shape index (κ1) is 16.6. The van der Waals surface area contributed by atoms with E-state index in [2.05, 4.69) is 4.99 Å². The van der Waals surface area contributed by atoms with Crippen LogP contribution in [0.2, 0.25) is 10.0 Å². The third kappa shape index (κ3) is 3.30. The van der Waals surface area contributed by atoms with E-state index in [0.717, 1.165) is 5.56 Å². The second-order valence-electron chi connectivity index (χ2n) is 4.91. The fourth-order valence-electron chi connectivity index (χ4n) is 2.23. The molecule has 0 N–H and O–H groups in total. The van der Waals surface area contributed by atoms with Crippen molar-refractivity contribution in [3.63, 3.8) is 0 Å². The lowest BCUT2D eigenvalue weighted by molar-refractivity contribution is -0.129. The predicted octanol–water partition coefficient (Wildman–Crippen LogP) is 4.74. The molecule has 2 aromatic rings. The number of esters is 1. The van der Waals surface area contributed by atoms with Crippen molar-refractivity contribution < 1.29 is 14.3 Å². The van der Waals surface area contributed by atoms with Crippen LogP contribution in [0.15, 0.2) is 53.2 Å². The molecule has 1 aliphatic heterocycles. The van der Waals surface area contributed by atoms with Crippen LogP contribution in [0.1, 0.15) is 18.1 Å². The molecule has 0 aliphatic carbocycles. The van der Waals surface area contributed by atoms with E-state index in [-0.39, 0.29) is 11.6 Å². The minimum Gasteiger partial charge on any atom is -0.493 e. The number of nitrogens with zero attached hydrogens (tertiary/aromatic N) is 1. The first-order chi connectivity index (χ1) is 11.6. The molecule has 6 heteroatoms. The number of hydrogen-bond donors (Lipinski definition) is 0. The number of aliphatic imine (C=N–C) groups is 1. The number of para-hydroxylation sites is 1. The first-order valence-corrected chi connectivity index (χ1v) is 8.04. The van der Waals surface area contributed by atoms with Crippen molar-refractivity contribution in [1.82, 2.24) is 0 Å². The van der Waals surface area contributed by atoms with Gasteiger partial charge in [-0.15, -0.1) is 0 Å². The van der Waals surface area contributed by atoms with Crippen LogP contribution in [-0.4, -0.2) is 18.5 Å². The van der Waals surface area contributed by atoms with Gasteiger partial charge < -0.3 is 9.47 Å². The number of carbonyl (C=O) groups excluding carboxylic acids is 1. The Morgan fingerprint density at radius 2 is 1.96 bits per heavy atom. The van der Waals surface area contributed by atoms with E-state index in [0.29, 0.717) is 28.0 Å². The largest absolute Gasteiger partial charge is 0.493 e. The molecule has 24 heavy (non-hydrogen) atoms. The van der Waals surface area contributed by atoms with Crippen molar-refractivity contribution in [2.45, 2.75) is 6.92 Å². The molecule has 0 atom stereocenters. The van der Waals surface area contributed by atoms with Crippen LogP contribution in [0, 0.1) is 0 Å². The van der Waals surface area contributed by atoms with Crippen molar-refractivity contribution in [3.8, 4) is 5.75 Å². The Morgan fingerprint density at radius 3 is 2.75 bits per heavy atom. The van der Waals surface area contributed by atoms with Crippen LogP contribution in [-0.2, 0) is 9.53 Å². The Hall–Kier alpha value is -2.30. The highest BCUT2D eigenvalue weighted by Crippen LogP contribution is 2.30. The topological polar surface area (TPSA) is 47.9 Å². The number of cyclic esters (lactones) is 1. The van der Waals surface area contributed by atoms with Crippen LogP contribution < -0.4 is 4.74 Å². The summed E-state index contributed by atoms with van der Waals surface area (Å²) in [5.41, 5.74) is 1.39. The second-order valence-corrected chi connectivity index (χ2v) is 5.69. The highest BCUT2D eigenvalue weighted by Gasteiger charge is 2.26. The number of rotatable bonds is 4. The van der Waals surface area contributed by atoms with Crippen LogP contribution in [0.4, 0.5) is 0 Å². The summed E-state index contributed by atoms with van der Waals surface area (Å²) < 4.78 is 10.8. The Labute approximate surface area is 149 Å². The van der Waals surface area contributed by atoms with Crippen molar-refractivity contribution in [3.05, 3.63) is 69.3 Å². The predicted molar refractivity (Wildman–Crippen MR) is 94.7 cm³/mol. The van der Waals surface area contributed by atoms with Gasteiger partial charge in [0.25, 0.3) is 0 Å². The highest BCUT2D eigenvalue weighted by molar-refractivity contribution is 6.44. The Bertz CT molecular complexity index is 859. The summed E-state index contributed by atoms with van der Waals surface area (Å²) in [6.45, 7) is 2.42. The van der Waals surface area contributed by atoms with Gasteiger partial charge in [-0.2, -0.15) is 0 Å². The van der Waals surface area contributed by atoms with E-state index in [4.69, 9.17) is 32.7 Å². The van der Waals surface area contributed by atoms with Crippen molar-refractivity contribution >= 4 is 41.1 Å². The number of benzene rings is 2. The normalized spacial score (nSPS) is 15.4. The molecule has 0 radical (unpaired) electrons. The molecule has 0 aromatic heterocycles. The quantitative estimate of drug-likeness (QED) is 0.583. The van der Waals surface area contributed by atoms with Gasteiger partial charge in [-0.25, -0.2) is 9.79 Å². The maximum atomic E-state index is 12.1. The van der Waals surface area contributed by atoms with Gasteiger partial charge in [0.05, 0.1) is 22.2 Å². The monoisotopic (exact) mass is 361 g/mol. The Kier molecular flexibility index (Phi) is 4.88. The number of hydrogen-bond acceptors (Lipinski definition) is 4. The lowest BCUT2D eigenvalue weighted by Crippen LogP contribution is -2.06. The summed E-state index contributed by atoms with van der Waals surface area (Å²) in [6, 6.07) is 12.4. The van der Waals surface area contributed by atoms with Crippen LogP contribution in [0.3, 0.4) is 0 Å². The third-order valence-corrected chi connectivity index (χ3v) is 4.13. The molecule has 4 nitrogen and oxygen atoms in total. The third-order valence-electron chi connectivity index (χ3n) is 3.31. The van der Waals surface area contributed by atoms with E-state index < -0.39 is 5.97 Å². The lowest BCUT2D eigenvalue weighted by atomic mass is 10.1. The summed E-state index contributed by atoms with van der Waals surface area (Å²) >= 11 is 12.1. The van der Waals surface area contributed by atoms with Gasteiger partial charge in [0.1, 0.15) is 5.75 Å². The zero-order chi connectivity index (χ0) is 17.1. The first-order valence-electron chi connectivity index (χ1n) is 7.29. The van der Waals surface area contributed by atoms with Crippen LogP contribution in [0.5, 0.6) is 5.75 Å². The molecule has 0 amide bonds. The minimum absolute atomic E-state index is 0.132. The molecule has 0 bridgehead atoms. The molecule has 0 fully saturated rings. The molecule has 1 heterocycles. The molecule has 2 aromatic carbocycles. The van der Waals surface area contributed by atoms with Crippen LogP contribution in [0.25, 0.3) is 6.08 Å². The van der Waals surface area contributed by atoms with Crippen molar-refractivity contribution in [1.29, 1.82) is 0 Å². The highest BCUT2D eigenvalue weighted by atomic mass is 35.5. The van der Waals surface area contributed by atoms with Gasteiger partial charge in [0, 0.05) is 5.56 Å². The van der Waals surface area contributed by atoms with E-state index in [1.165, 1.54) is 0 Å². The molecule has 122 valence electrons. The standard InChI is InChI=1S/C18H13Cl2NO3/c1-2-23-15-9-4-3-6-11(15)10-14-18(22)24-17(21-14)12-7-5-8-13(19)16(12)20/h3-10H,2H2,1H3. The van der Waals surface area contributed by atoms with Crippen molar-refractivity contribution in [2.75, 3.05) is 6.61 Å².